The molecule has 3 aromatic rings. The van der Waals surface area contributed by atoms with Gasteiger partial charge in [0.05, 0.1) is 11.8 Å². The summed E-state index contributed by atoms with van der Waals surface area (Å²) in [7, 11) is 0. The molecule has 1 amide bonds. The summed E-state index contributed by atoms with van der Waals surface area (Å²) >= 11 is 8.69. The van der Waals surface area contributed by atoms with E-state index >= 15 is 0 Å². The number of carbonyl (C=O) groups is 1. The van der Waals surface area contributed by atoms with E-state index < -0.39 is 0 Å². The first-order chi connectivity index (χ1) is 13.0. The van der Waals surface area contributed by atoms with Crippen molar-refractivity contribution < 1.29 is 4.79 Å². The van der Waals surface area contributed by atoms with E-state index in [1.807, 2.05) is 62.4 Å². The summed E-state index contributed by atoms with van der Waals surface area (Å²) in [6.07, 6.45) is 0. The fourth-order valence-corrected chi connectivity index (χ4v) is 4.03. The Labute approximate surface area is 171 Å². The molecule has 2 N–H and O–H groups in total. The molecular weight excluding hydrogens is 400 g/mol. The first-order valence-electron chi connectivity index (χ1n) is 8.34. The zero-order chi connectivity index (χ0) is 19.2. The Hall–Kier alpha value is -2.09. The number of thioether (sulfide) groups is 1. The van der Waals surface area contributed by atoms with Gasteiger partial charge in [-0.05, 0) is 43.7 Å². The topological polar surface area (TPSA) is 66.9 Å². The number of benzene rings is 2. The second-order valence-corrected chi connectivity index (χ2v) is 8.63. The predicted octanol–water partition coefficient (Wildman–Crippen LogP) is 5.21. The third-order valence-electron chi connectivity index (χ3n) is 3.78. The lowest BCUT2D eigenvalue weighted by molar-refractivity contribution is -0.119. The number of nitrogens with one attached hydrogen (secondary N) is 2. The monoisotopic (exact) mass is 418 g/mol. The standard InChI is InChI=1S/C19H19ClN4OS2/c1-12-3-9-16(10-4-12)22-18-23-24-19(27-18)26-11-17(25)21-13(2)14-5-7-15(20)8-6-14/h3-10,13H,11H2,1-2H3,(H,21,25)(H,22,23)/t13-/m0/s1. The normalized spacial score (nSPS) is 11.8. The highest BCUT2D eigenvalue weighted by molar-refractivity contribution is 8.01. The first-order valence-corrected chi connectivity index (χ1v) is 10.5. The highest BCUT2D eigenvalue weighted by atomic mass is 35.5. The minimum Gasteiger partial charge on any atom is -0.349 e. The van der Waals surface area contributed by atoms with Crippen LogP contribution in [0.25, 0.3) is 0 Å². The number of amides is 1. The molecular formula is C19H19ClN4OS2. The average Bonchev–Trinajstić information content (AvgIpc) is 3.10. The second-order valence-electron chi connectivity index (χ2n) is 5.99. The fraction of sp³-hybridized carbons (Fsp3) is 0.211. The van der Waals surface area contributed by atoms with Gasteiger partial charge in [0.2, 0.25) is 11.0 Å². The van der Waals surface area contributed by atoms with Gasteiger partial charge in [0.25, 0.3) is 0 Å². The smallest absolute Gasteiger partial charge is 0.230 e. The highest BCUT2D eigenvalue weighted by Gasteiger charge is 2.12. The molecule has 3 rings (SSSR count). The molecule has 140 valence electrons. The van der Waals surface area contributed by atoms with Crippen molar-refractivity contribution in [3.05, 3.63) is 64.7 Å². The summed E-state index contributed by atoms with van der Waals surface area (Å²) in [5.74, 6) is 0.239. The van der Waals surface area contributed by atoms with E-state index in [9.17, 15) is 4.79 Å². The third-order valence-corrected chi connectivity index (χ3v) is 6.01. The molecule has 5 nitrogen and oxygen atoms in total. The van der Waals surface area contributed by atoms with E-state index in [0.29, 0.717) is 10.2 Å². The number of hydrogen-bond donors (Lipinski definition) is 2. The Kier molecular flexibility index (Phi) is 6.71. The summed E-state index contributed by atoms with van der Waals surface area (Å²) < 4.78 is 0.749. The first kappa shape index (κ1) is 19.7. The van der Waals surface area contributed by atoms with Gasteiger partial charge in [-0.25, -0.2) is 0 Å². The Balaban J connectivity index is 1.48. The number of hydrogen-bond acceptors (Lipinski definition) is 6. The number of nitrogens with zero attached hydrogens (tertiary/aromatic N) is 2. The molecule has 0 radical (unpaired) electrons. The summed E-state index contributed by atoms with van der Waals surface area (Å²) in [6.45, 7) is 3.99. The Morgan fingerprint density at radius 3 is 2.56 bits per heavy atom. The van der Waals surface area contributed by atoms with Crippen LogP contribution in [0.3, 0.4) is 0 Å². The van der Waals surface area contributed by atoms with Crippen molar-refractivity contribution in [2.75, 3.05) is 11.1 Å². The van der Waals surface area contributed by atoms with Crippen molar-refractivity contribution in [1.82, 2.24) is 15.5 Å². The van der Waals surface area contributed by atoms with E-state index in [-0.39, 0.29) is 17.7 Å². The molecule has 8 heteroatoms. The quantitative estimate of drug-likeness (QED) is 0.515. The van der Waals surface area contributed by atoms with Crippen LogP contribution in [0.4, 0.5) is 10.8 Å². The number of aryl methyl sites for hydroxylation is 1. The summed E-state index contributed by atoms with van der Waals surface area (Å²) in [6, 6.07) is 15.4. The number of halogens is 1. The van der Waals surface area contributed by atoms with Crippen molar-refractivity contribution in [2.24, 2.45) is 0 Å². The second kappa shape index (κ2) is 9.21. The van der Waals surface area contributed by atoms with Crippen LogP contribution >= 0.6 is 34.7 Å². The molecule has 1 heterocycles. The van der Waals surface area contributed by atoms with Crippen LogP contribution in [0, 0.1) is 6.92 Å². The maximum Gasteiger partial charge on any atom is 0.230 e. The van der Waals surface area contributed by atoms with Gasteiger partial charge in [0.1, 0.15) is 0 Å². The Bertz CT molecular complexity index is 897. The molecule has 1 aromatic heterocycles. The number of anilines is 2. The van der Waals surface area contributed by atoms with Crippen molar-refractivity contribution in [1.29, 1.82) is 0 Å². The zero-order valence-electron chi connectivity index (χ0n) is 14.9. The molecule has 0 unspecified atom stereocenters. The van der Waals surface area contributed by atoms with Gasteiger partial charge in [-0.2, -0.15) is 0 Å². The van der Waals surface area contributed by atoms with Gasteiger partial charge < -0.3 is 10.6 Å². The van der Waals surface area contributed by atoms with E-state index in [2.05, 4.69) is 20.8 Å². The summed E-state index contributed by atoms with van der Waals surface area (Å²) in [5, 5.41) is 15.8. The maximum atomic E-state index is 12.2. The molecule has 1 atom stereocenters. The van der Waals surface area contributed by atoms with E-state index in [1.54, 1.807) is 0 Å². The van der Waals surface area contributed by atoms with Gasteiger partial charge in [-0.1, -0.05) is 64.5 Å². The van der Waals surface area contributed by atoms with E-state index in [4.69, 9.17) is 11.6 Å². The number of rotatable bonds is 7. The molecule has 0 aliphatic heterocycles. The molecule has 0 spiro atoms. The molecule has 0 bridgehead atoms. The number of aromatic nitrogens is 2. The van der Waals surface area contributed by atoms with Crippen molar-refractivity contribution in [3.63, 3.8) is 0 Å². The summed E-state index contributed by atoms with van der Waals surface area (Å²) in [4.78, 5) is 12.2. The number of carbonyl (C=O) groups excluding carboxylic acids is 1. The van der Waals surface area contributed by atoms with Crippen molar-refractivity contribution >= 4 is 51.4 Å². The van der Waals surface area contributed by atoms with E-state index in [1.165, 1.54) is 28.7 Å². The molecule has 2 aromatic carbocycles. The van der Waals surface area contributed by atoms with Crippen molar-refractivity contribution in [2.45, 2.75) is 24.2 Å². The van der Waals surface area contributed by atoms with Gasteiger partial charge in [-0.15, -0.1) is 10.2 Å². The molecule has 0 aliphatic rings. The average molecular weight is 419 g/mol. The van der Waals surface area contributed by atoms with Crippen LogP contribution in [-0.4, -0.2) is 21.9 Å². The molecule has 0 aliphatic carbocycles. The van der Waals surface area contributed by atoms with Crippen molar-refractivity contribution in [3.8, 4) is 0 Å². The Morgan fingerprint density at radius 2 is 1.85 bits per heavy atom. The van der Waals surface area contributed by atoms with E-state index in [0.717, 1.165) is 15.6 Å². The van der Waals surface area contributed by atoms with Crippen LogP contribution < -0.4 is 10.6 Å². The predicted molar refractivity (Wildman–Crippen MR) is 113 cm³/mol. The molecule has 0 saturated heterocycles. The van der Waals surface area contributed by atoms with Gasteiger partial charge in [0, 0.05) is 10.7 Å². The third kappa shape index (κ3) is 5.95. The highest BCUT2D eigenvalue weighted by Crippen LogP contribution is 2.27. The van der Waals surface area contributed by atoms with Crippen LogP contribution in [0.1, 0.15) is 24.1 Å². The largest absolute Gasteiger partial charge is 0.349 e. The minimum absolute atomic E-state index is 0.0503. The lowest BCUT2D eigenvalue weighted by Crippen LogP contribution is -2.28. The maximum absolute atomic E-state index is 12.2. The van der Waals surface area contributed by atoms with Crippen LogP contribution in [0.5, 0.6) is 0 Å². The van der Waals surface area contributed by atoms with Gasteiger partial charge >= 0.3 is 0 Å². The van der Waals surface area contributed by atoms with Gasteiger partial charge in [0.15, 0.2) is 4.34 Å². The van der Waals surface area contributed by atoms with Crippen LogP contribution in [0.15, 0.2) is 52.9 Å². The molecule has 27 heavy (non-hydrogen) atoms. The zero-order valence-corrected chi connectivity index (χ0v) is 17.3. The lowest BCUT2D eigenvalue weighted by atomic mass is 10.1. The van der Waals surface area contributed by atoms with Crippen LogP contribution in [-0.2, 0) is 4.79 Å². The fourth-order valence-electron chi connectivity index (χ4n) is 2.32. The Morgan fingerprint density at radius 1 is 1.15 bits per heavy atom. The summed E-state index contributed by atoms with van der Waals surface area (Å²) in [5.41, 5.74) is 3.17. The van der Waals surface area contributed by atoms with Gasteiger partial charge in [-0.3, -0.25) is 4.79 Å². The lowest BCUT2D eigenvalue weighted by Gasteiger charge is -2.14. The minimum atomic E-state index is -0.0800. The molecule has 0 fully saturated rings. The molecule has 0 saturated carbocycles. The van der Waals surface area contributed by atoms with Crippen LogP contribution in [0.2, 0.25) is 5.02 Å². The SMILES string of the molecule is Cc1ccc(Nc2nnc(SCC(=O)N[C@@H](C)c3ccc(Cl)cc3)s2)cc1.